The lowest BCUT2D eigenvalue weighted by Crippen LogP contribution is -2.15. The minimum Gasteiger partial charge on any atom is -0.380 e. The molecule has 2 rings (SSSR count). The molecule has 88 valence electrons. The second kappa shape index (κ2) is 4.80. The molecule has 1 aliphatic carbocycles. The molecule has 0 radical (unpaired) electrons. The van der Waals surface area contributed by atoms with Gasteiger partial charge in [-0.05, 0) is 37.3 Å². The van der Waals surface area contributed by atoms with Gasteiger partial charge in [-0.25, -0.2) is 4.39 Å². The van der Waals surface area contributed by atoms with E-state index in [1.54, 1.807) is 0 Å². The van der Waals surface area contributed by atoms with Crippen LogP contribution in [0.5, 0.6) is 0 Å². The van der Waals surface area contributed by atoms with Gasteiger partial charge < -0.3 is 5.32 Å². The van der Waals surface area contributed by atoms with Crippen molar-refractivity contribution in [1.29, 1.82) is 0 Å². The first-order valence-corrected chi connectivity index (χ1v) is 6.23. The van der Waals surface area contributed by atoms with Crippen molar-refractivity contribution in [3.8, 4) is 0 Å². The Balaban J connectivity index is 2.15. The zero-order valence-corrected chi connectivity index (χ0v) is 10.6. The van der Waals surface area contributed by atoms with E-state index in [0.29, 0.717) is 21.8 Å². The number of rotatable bonds is 2. The Hall–Kier alpha value is -0.470. The molecule has 0 bridgehead atoms. The molecular formula is C12H14Cl2FN. The summed E-state index contributed by atoms with van der Waals surface area (Å²) in [6, 6.07) is 2.97. The SMILES string of the molecule is CC1CCC(Nc2c(Cl)cc(F)cc2Cl)C1. The van der Waals surface area contributed by atoms with Crippen molar-refractivity contribution in [2.45, 2.75) is 32.2 Å². The Morgan fingerprint density at radius 3 is 2.38 bits per heavy atom. The summed E-state index contributed by atoms with van der Waals surface area (Å²) in [7, 11) is 0. The first-order chi connectivity index (χ1) is 7.56. The van der Waals surface area contributed by atoms with Gasteiger partial charge in [0.25, 0.3) is 0 Å². The summed E-state index contributed by atoms with van der Waals surface area (Å²) in [5.41, 5.74) is 0.656. The van der Waals surface area contributed by atoms with E-state index in [1.807, 2.05) is 0 Å². The second-order valence-electron chi connectivity index (χ2n) is 4.50. The lowest BCUT2D eigenvalue weighted by Gasteiger charge is -2.16. The molecule has 1 fully saturated rings. The highest BCUT2D eigenvalue weighted by atomic mass is 35.5. The van der Waals surface area contributed by atoms with Crippen LogP contribution in [0.1, 0.15) is 26.2 Å². The Kier molecular flexibility index (Phi) is 3.60. The standard InChI is InChI=1S/C12H14Cl2FN/c1-7-2-3-9(4-7)16-12-10(13)5-8(15)6-11(12)14/h5-7,9,16H,2-4H2,1H3. The summed E-state index contributed by atoms with van der Waals surface area (Å²) in [4.78, 5) is 0. The largest absolute Gasteiger partial charge is 0.380 e. The topological polar surface area (TPSA) is 12.0 Å². The molecule has 1 saturated carbocycles. The van der Waals surface area contributed by atoms with Gasteiger partial charge in [0.1, 0.15) is 5.82 Å². The maximum Gasteiger partial charge on any atom is 0.126 e. The van der Waals surface area contributed by atoms with Gasteiger partial charge in [-0.15, -0.1) is 0 Å². The third-order valence-electron chi connectivity index (χ3n) is 3.05. The van der Waals surface area contributed by atoms with E-state index in [1.165, 1.54) is 18.6 Å². The highest BCUT2D eigenvalue weighted by Crippen LogP contribution is 2.35. The molecule has 2 unspecified atom stereocenters. The van der Waals surface area contributed by atoms with Gasteiger partial charge in [0.05, 0.1) is 15.7 Å². The minimum absolute atomic E-state index is 0.351. The fourth-order valence-corrected chi connectivity index (χ4v) is 2.79. The van der Waals surface area contributed by atoms with Crippen LogP contribution in [0.3, 0.4) is 0 Å². The van der Waals surface area contributed by atoms with E-state index in [4.69, 9.17) is 23.2 Å². The molecule has 2 atom stereocenters. The maximum absolute atomic E-state index is 13.0. The van der Waals surface area contributed by atoms with Crippen LogP contribution in [0.25, 0.3) is 0 Å². The molecular weight excluding hydrogens is 248 g/mol. The van der Waals surface area contributed by atoms with Crippen LogP contribution < -0.4 is 5.32 Å². The normalized spacial score (nSPS) is 24.8. The Morgan fingerprint density at radius 1 is 1.25 bits per heavy atom. The number of benzene rings is 1. The van der Waals surface area contributed by atoms with Crippen molar-refractivity contribution >= 4 is 28.9 Å². The van der Waals surface area contributed by atoms with Crippen LogP contribution in [-0.2, 0) is 0 Å². The number of nitrogens with one attached hydrogen (secondary N) is 1. The lowest BCUT2D eigenvalue weighted by atomic mass is 10.1. The highest BCUT2D eigenvalue weighted by Gasteiger charge is 2.22. The van der Waals surface area contributed by atoms with Crippen LogP contribution >= 0.6 is 23.2 Å². The van der Waals surface area contributed by atoms with E-state index in [0.717, 1.165) is 18.8 Å². The number of hydrogen-bond acceptors (Lipinski definition) is 1. The van der Waals surface area contributed by atoms with Crippen LogP contribution in [0.15, 0.2) is 12.1 Å². The molecule has 1 N–H and O–H groups in total. The molecule has 0 aromatic heterocycles. The van der Waals surface area contributed by atoms with E-state index in [9.17, 15) is 4.39 Å². The summed E-state index contributed by atoms with van der Waals surface area (Å²) in [6.45, 7) is 2.23. The molecule has 16 heavy (non-hydrogen) atoms. The van der Waals surface area contributed by atoms with Crippen molar-refractivity contribution in [3.63, 3.8) is 0 Å². The lowest BCUT2D eigenvalue weighted by molar-refractivity contribution is 0.602. The average Bonchev–Trinajstić information content (AvgIpc) is 2.58. The number of halogens is 3. The maximum atomic E-state index is 13.0. The van der Waals surface area contributed by atoms with Gasteiger partial charge in [-0.2, -0.15) is 0 Å². The molecule has 4 heteroatoms. The van der Waals surface area contributed by atoms with Gasteiger partial charge in [0.15, 0.2) is 0 Å². The third kappa shape index (κ3) is 2.61. The fraction of sp³-hybridized carbons (Fsp3) is 0.500. The van der Waals surface area contributed by atoms with Crippen molar-refractivity contribution < 1.29 is 4.39 Å². The first kappa shape index (κ1) is 12.0. The summed E-state index contributed by atoms with van der Waals surface area (Å²) in [5.74, 6) is 0.329. The molecule has 0 saturated heterocycles. The predicted molar refractivity (Wildman–Crippen MR) is 66.8 cm³/mol. The predicted octanol–water partition coefficient (Wildman–Crippen LogP) is 4.73. The van der Waals surface area contributed by atoms with Crippen molar-refractivity contribution in [2.24, 2.45) is 5.92 Å². The smallest absolute Gasteiger partial charge is 0.126 e. The van der Waals surface area contributed by atoms with Crippen LogP contribution in [0.2, 0.25) is 10.0 Å². The minimum atomic E-state index is -0.402. The quantitative estimate of drug-likeness (QED) is 0.812. The third-order valence-corrected chi connectivity index (χ3v) is 3.65. The van der Waals surface area contributed by atoms with Crippen LogP contribution in [-0.4, -0.2) is 6.04 Å². The van der Waals surface area contributed by atoms with E-state index >= 15 is 0 Å². The Labute approximate surface area is 105 Å². The Morgan fingerprint density at radius 2 is 1.88 bits per heavy atom. The van der Waals surface area contributed by atoms with Gasteiger partial charge in [0.2, 0.25) is 0 Å². The number of anilines is 1. The highest BCUT2D eigenvalue weighted by molar-refractivity contribution is 6.39. The van der Waals surface area contributed by atoms with Crippen molar-refractivity contribution in [3.05, 3.63) is 28.0 Å². The summed E-state index contributed by atoms with van der Waals surface area (Å²) in [5, 5.41) is 4.01. The molecule has 1 nitrogen and oxygen atoms in total. The van der Waals surface area contributed by atoms with Crippen molar-refractivity contribution in [2.75, 3.05) is 5.32 Å². The summed E-state index contributed by atoms with van der Waals surface area (Å²) < 4.78 is 13.0. The monoisotopic (exact) mass is 261 g/mol. The Bertz CT molecular complexity index is 372. The molecule has 1 aromatic rings. The zero-order chi connectivity index (χ0) is 11.7. The van der Waals surface area contributed by atoms with Gasteiger partial charge in [-0.1, -0.05) is 30.1 Å². The van der Waals surface area contributed by atoms with Gasteiger partial charge >= 0.3 is 0 Å². The van der Waals surface area contributed by atoms with E-state index in [2.05, 4.69) is 12.2 Å². The molecule has 0 spiro atoms. The molecule has 0 heterocycles. The number of hydrogen-bond donors (Lipinski definition) is 1. The van der Waals surface area contributed by atoms with Crippen LogP contribution in [0, 0.1) is 11.7 Å². The van der Waals surface area contributed by atoms with Crippen molar-refractivity contribution in [1.82, 2.24) is 0 Å². The molecule has 1 aliphatic rings. The second-order valence-corrected chi connectivity index (χ2v) is 5.32. The van der Waals surface area contributed by atoms with Gasteiger partial charge in [0, 0.05) is 6.04 Å². The summed E-state index contributed by atoms with van der Waals surface area (Å²) in [6.07, 6.45) is 3.45. The summed E-state index contributed by atoms with van der Waals surface area (Å²) >= 11 is 11.9. The molecule has 1 aromatic carbocycles. The van der Waals surface area contributed by atoms with E-state index < -0.39 is 5.82 Å². The molecule has 0 aliphatic heterocycles. The first-order valence-electron chi connectivity index (χ1n) is 5.47. The molecule has 0 amide bonds. The fourth-order valence-electron chi connectivity index (χ4n) is 2.22. The van der Waals surface area contributed by atoms with Crippen LogP contribution in [0.4, 0.5) is 10.1 Å². The average molecular weight is 262 g/mol. The van der Waals surface area contributed by atoms with Gasteiger partial charge in [-0.3, -0.25) is 0 Å². The van der Waals surface area contributed by atoms with E-state index in [-0.39, 0.29) is 0 Å². The zero-order valence-electron chi connectivity index (χ0n) is 9.06.